The van der Waals surface area contributed by atoms with Gasteiger partial charge >= 0.3 is 24.2 Å². The molecule has 2 aromatic carbocycles. The van der Waals surface area contributed by atoms with E-state index in [2.05, 4.69) is 73.4 Å². The number of alkyl halides is 4. The zero-order valence-corrected chi connectivity index (χ0v) is 26.2. The second-order valence-corrected chi connectivity index (χ2v) is 9.82. The van der Waals surface area contributed by atoms with Gasteiger partial charge in [0.2, 0.25) is 12.9 Å². The Morgan fingerprint density at radius 3 is 1.57 bits per heavy atom. The van der Waals surface area contributed by atoms with Crippen molar-refractivity contribution in [3.63, 3.8) is 0 Å². The molecule has 0 spiro atoms. The Hall–Kier alpha value is -4.26. The third kappa shape index (κ3) is 17.3. The molecule has 0 bridgehead atoms. The largest absolute Gasteiger partial charge is 0.373 e. The van der Waals surface area contributed by atoms with Crippen molar-refractivity contribution in [2.75, 3.05) is 13.2 Å². The monoisotopic (exact) mass is 673 g/mol. The molecular weight excluding hydrogens is 634 g/mol. The Labute approximate surface area is 269 Å². The van der Waals surface area contributed by atoms with Crippen LogP contribution in [-0.2, 0) is 61.4 Å². The van der Waals surface area contributed by atoms with Gasteiger partial charge in [-0.15, -0.1) is 0 Å². The summed E-state index contributed by atoms with van der Waals surface area (Å²) >= 11 is 0. The smallest absolute Gasteiger partial charge is 0.309 e. The molecule has 0 radical (unpaired) electrons. The third-order valence-electron chi connectivity index (χ3n) is 6.80. The minimum atomic E-state index is -2.45. The van der Waals surface area contributed by atoms with Gasteiger partial charge in [-0.1, -0.05) is 67.6 Å². The standard InChI is InChI=1S/C14H15N.C9H14F2O3.C7H10F2O3.2CO2/c1-3-7-13(8-4-1)11-15-12-14-9-5-2-6-10-14;1-3-9(5-6(9)7(10)11)8(12)14-13-4-2;1-2-11-12-7(10)5-3-4(5)6(8)9;2*2-1-3/h1-10,15H,11-12H2;6-7H,3-5H2,1-2H3;4-6H,2-3H2,1H3;;/t;;4-,5+;;/m..1../s1. The Balaban J connectivity index is 0.000000625. The van der Waals surface area contributed by atoms with E-state index in [4.69, 9.17) is 19.2 Å². The summed E-state index contributed by atoms with van der Waals surface area (Å²) in [5.41, 5.74) is 1.66. The highest BCUT2D eigenvalue weighted by Gasteiger charge is 2.64. The number of rotatable bonds is 13. The van der Waals surface area contributed by atoms with Crippen LogP contribution in [0.1, 0.15) is 51.2 Å². The minimum Gasteiger partial charge on any atom is -0.309 e. The molecular formula is C32H39F4NO10. The van der Waals surface area contributed by atoms with Crippen molar-refractivity contribution in [3.05, 3.63) is 71.8 Å². The van der Waals surface area contributed by atoms with Crippen LogP contribution in [0.15, 0.2) is 60.7 Å². The number of carbonyl (C=O) groups excluding carboxylic acids is 6. The number of hydrogen-bond donors (Lipinski definition) is 1. The molecule has 1 N–H and O–H groups in total. The topological polar surface area (TPSA) is 151 Å². The van der Waals surface area contributed by atoms with E-state index >= 15 is 0 Å². The molecule has 4 atom stereocenters. The molecule has 2 unspecified atom stereocenters. The van der Waals surface area contributed by atoms with Crippen molar-refractivity contribution in [1.82, 2.24) is 5.32 Å². The first-order chi connectivity index (χ1) is 22.5. The van der Waals surface area contributed by atoms with Crippen molar-refractivity contribution in [2.45, 2.75) is 66.0 Å². The molecule has 0 saturated heterocycles. The van der Waals surface area contributed by atoms with Crippen LogP contribution in [0.2, 0.25) is 0 Å². The Morgan fingerprint density at radius 2 is 1.23 bits per heavy atom. The summed E-state index contributed by atoms with van der Waals surface area (Å²) < 4.78 is 48.5. The second kappa shape index (κ2) is 24.9. The average Bonchev–Trinajstić information content (AvgIpc) is 3.99. The van der Waals surface area contributed by atoms with Gasteiger partial charge in [0.15, 0.2) is 0 Å². The molecule has 2 saturated carbocycles. The highest BCUT2D eigenvalue weighted by molar-refractivity contribution is 5.80. The van der Waals surface area contributed by atoms with E-state index < -0.39 is 48.0 Å². The van der Waals surface area contributed by atoms with Crippen molar-refractivity contribution >= 4 is 24.2 Å². The minimum absolute atomic E-state index is 0.201. The molecule has 2 fully saturated rings. The van der Waals surface area contributed by atoms with E-state index in [9.17, 15) is 27.2 Å². The maximum Gasteiger partial charge on any atom is 0.373 e. The van der Waals surface area contributed by atoms with E-state index in [1.165, 1.54) is 11.1 Å². The molecule has 0 aromatic heterocycles. The molecule has 0 heterocycles. The van der Waals surface area contributed by atoms with Gasteiger partial charge in [0.05, 0.1) is 24.5 Å². The van der Waals surface area contributed by atoms with Crippen LogP contribution in [0.3, 0.4) is 0 Å². The molecule has 2 aliphatic carbocycles. The highest BCUT2D eigenvalue weighted by Crippen LogP contribution is 2.58. The van der Waals surface area contributed by atoms with Gasteiger partial charge in [0.25, 0.3) is 0 Å². The van der Waals surface area contributed by atoms with Crippen molar-refractivity contribution < 1.29 is 65.9 Å². The number of carbonyl (C=O) groups is 2. The SMILES string of the molecule is CCOOC(=O)C1(CC)CC1C(F)F.CCOOC(=O)[C@H]1C[C@H]1C(F)F.O=C=O.O=C=O.c1ccc(CNCc2ccccc2)cc1. The van der Waals surface area contributed by atoms with E-state index in [0.29, 0.717) is 6.42 Å². The number of halogens is 4. The summed E-state index contributed by atoms with van der Waals surface area (Å²) in [6.45, 7) is 7.32. The first-order valence-electron chi connectivity index (χ1n) is 14.5. The quantitative estimate of drug-likeness (QED) is 0.166. The molecule has 4 rings (SSSR count). The fourth-order valence-electron chi connectivity index (χ4n) is 4.13. The van der Waals surface area contributed by atoms with E-state index in [-0.39, 0.29) is 38.4 Å². The summed E-state index contributed by atoms with van der Waals surface area (Å²) in [4.78, 5) is 72.1. The normalized spacial score (nSPS) is 19.6. The Bertz CT molecular complexity index is 1160. The molecule has 260 valence electrons. The van der Waals surface area contributed by atoms with Crippen molar-refractivity contribution in [2.24, 2.45) is 23.2 Å². The molecule has 2 aliphatic rings. The van der Waals surface area contributed by atoms with E-state index in [0.717, 1.165) is 13.1 Å². The maximum atomic E-state index is 12.3. The molecule has 47 heavy (non-hydrogen) atoms. The van der Waals surface area contributed by atoms with E-state index in [1.807, 2.05) is 12.1 Å². The van der Waals surface area contributed by atoms with Crippen LogP contribution in [0, 0.1) is 23.2 Å². The van der Waals surface area contributed by atoms with Crippen LogP contribution in [0.5, 0.6) is 0 Å². The maximum absolute atomic E-state index is 12.3. The fraction of sp³-hybridized carbons (Fsp3) is 0.500. The van der Waals surface area contributed by atoms with Crippen molar-refractivity contribution in [1.29, 1.82) is 0 Å². The predicted molar refractivity (Wildman–Crippen MR) is 153 cm³/mol. The molecule has 11 nitrogen and oxygen atoms in total. The third-order valence-corrected chi connectivity index (χ3v) is 6.80. The summed E-state index contributed by atoms with van der Waals surface area (Å²) in [5, 5.41) is 3.42. The fourth-order valence-corrected chi connectivity index (χ4v) is 4.13. The molecule has 15 heteroatoms. The van der Waals surface area contributed by atoms with Gasteiger partial charge < -0.3 is 5.32 Å². The highest BCUT2D eigenvalue weighted by atomic mass is 19.3. The summed E-state index contributed by atoms with van der Waals surface area (Å²) in [7, 11) is 0. The predicted octanol–water partition coefficient (Wildman–Crippen LogP) is 5.35. The lowest BCUT2D eigenvalue weighted by atomic mass is 10.0. The lowest BCUT2D eigenvalue weighted by Gasteiger charge is -2.11. The lowest BCUT2D eigenvalue weighted by molar-refractivity contribution is -0.275. The van der Waals surface area contributed by atoms with Gasteiger partial charge in [0, 0.05) is 24.9 Å². The molecule has 2 aromatic rings. The summed E-state index contributed by atoms with van der Waals surface area (Å²) in [6, 6.07) is 20.9. The summed E-state index contributed by atoms with van der Waals surface area (Å²) in [5.74, 6) is -3.68. The van der Waals surface area contributed by atoms with Gasteiger partial charge in [-0.2, -0.15) is 29.0 Å². The van der Waals surface area contributed by atoms with Crippen molar-refractivity contribution in [3.8, 4) is 0 Å². The Kier molecular flexibility index (Phi) is 22.6. The van der Waals surface area contributed by atoms with Crippen LogP contribution in [0.25, 0.3) is 0 Å². The lowest BCUT2D eigenvalue weighted by Crippen LogP contribution is -2.22. The Morgan fingerprint density at radius 1 is 0.787 bits per heavy atom. The molecule has 0 amide bonds. The van der Waals surface area contributed by atoms with Gasteiger partial charge in [-0.05, 0) is 44.2 Å². The number of nitrogens with one attached hydrogen (secondary N) is 1. The van der Waals surface area contributed by atoms with Crippen LogP contribution >= 0.6 is 0 Å². The van der Waals surface area contributed by atoms with Crippen LogP contribution in [0.4, 0.5) is 17.6 Å². The van der Waals surface area contributed by atoms with Gasteiger partial charge in [-0.3, -0.25) is 9.78 Å². The van der Waals surface area contributed by atoms with E-state index in [1.54, 1.807) is 20.8 Å². The van der Waals surface area contributed by atoms with Gasteiger partial charge in [0.1, 0.15) is 0 Å². The zero-order valence-electron chi connectivity index (χ0n) is 26.2. The first-order valence-corrected chi connectivity index (χ1v) is 14.5. The zero-order chi connectivity index (χ0) is 35.7. The van der Waals surface area contributed by atoms with Crippen LogP contribution < -0.4 is 5.32 Å². The summed E-state index contributed by atoms with van der Waals surface area (Å²) in [6.07, 6.45) is -3.60. The van der Waals surface area contributed by atoms with Crippen LogP contribution in [-0.4, -0.2) is 50.3 Å². The number of hydrogen-bond acceptors (Lipinski definition) is 11. The molecule has 0 aliphatic heterocycles. The average molecular weight is 674 g/mol. The second-order valence-electron chi connectivity index (χ2n) is 9.82. The number of benzene rings is 2. The van der Waals surface area contributed by atoms with Gasteiger partial charge in [-0.25, -0.2) is 27.2 Å². The first kappa shape index (κ1) is 42.7.